The van der Waals surface area contributed by atoms with Crippen molar-refractivity contribution < 1.29 is 9.53 Å². The van der Waals surface area contributed by atoms with Crippen molar-refractivity contribution in [1.82, 2.24) is 10.2 Å². The molecule has 18 heavy (non-hydrogen) atoms. The number of methoxy groups -OCH3 is 1. The second kappa shape index (κ2) is 6.53. The van der Waals surface area contributed by atoms with Gasteiger partial charge in [-0.25, -0.2) is 0 Å². The summed E-state index contributed by atoms with van der Waals surface area (Å²) >= 11 is 0. The zero-order chi connectivity index (χ0) is 13.0. The number of nitrogens with zero attached hydrogens (tertiary/aromatic N) is 1. The Labute approximate surface area is 110 Å². The highest BCUT2D eigenvalue weighted by Gasteiger charge is 2.29. The molecule has 104 valence electrons. The Morgan fingerprint density at radius 1 is 1.39 bits per heavy atom. The Bertz CT molecular complexity index is 273. The number of hydrogen-bond donors (Lipinski definition) is 1. The van der Waals surface area contributed by atoms with Crippen LogP contribution in [0.1, 0.15) is 39.0 Å². The first kappa shape index (κ1) is 13.8. The van der Waals surface area contributed by atoms with Crippen LogP contribution in [-0.2, 0) is 9.53 Å². The number of carbonyl (C=O) groups excluding carboxylic acids is 1. The molecule has 1 saturated carbocycles. The zero-order valence-corrected chi connectivity index (χ0v) is 11.7. The summed E-state index contributed by atoms with van der Waals surface area (Å²) < 4.78 is 4.78. The highest BCUT2D eigenvalue weighted by atomic mass is 16.5. The van der Waals surface area contributed by atoms with Crippen molar-refractivity contribution in [2.75, 3.05) is 26.7 Å². The van der Waals surface area contributed by atoms with Gasteiger partial charge in [0.05, 0.1) is 13.5 Å². The summed E-state index contributed by atoms with van der Waals surface area (Å²) in [6, 6.07) is 0.907. The number of hydrogen-bond acceptors (Lipinski definition) is 4. The SMILES string of the molecule is COC(=O)CC(C)N(CC1CC1)CC1CCCN1. The largest absolute Gasteiger partial charge is 0.469 e. The number of ether oxygens (including phenoxy) is 1. The first-order chi connectivity index (χ1) is 8.69. The van der Waals surface area contributed by atoms with Gasteiger partial charge >= 0.3 is 5.97 Å². The maximum atomic E-state index is 11.4. The molecule has 1 aliphatic heterocycles. The van der Waals surface area contributed by atoms with Crippen LogP contribution in [0.25, 0.3) is 0 Å². The molecule has 1 N–H and O–H groups in total. The molecule has 0 spiro atoms. The molecule has 4 heteroatoms. The minimum absolute atomic E-state index is 0.0947. The molecule has 0 radical (unpaired) electrons. The minimum atomic E-state index is -0.0947. The second-order valence-corrected chi connectivity index (χ2v) is 5.82. The van der Waals surface area contributed by atoms with Crippen LogP contribution in [-0.4, -0.2) is 49.7 Å². The summed E-state index contributed by atoms with van der Waals surface area (Å²) in [7, 11) is 1.47. The number of nitrogens with one attached hydrogen (secondary N) is 1. The summed E-state index contributed by atoms with van der Waals surface area (Å²) in [6.07, 6.45) is 5.79. The first-order valence-electron chi connectivity index (χ1n) is 7.23. The van der Waals surface area contributed by atoms with E-state index in [0.29, 0.717) is 18.5 Å². The highest BCUT2D eigenvalue weighted by molar-refractivity contribution is 5.69. The first-order valence-corrected chi connectivity index (χ1v) is 7.23. The molecular weight excluding hydrogens is 228 g/mol. The van der Waals surface area contributed by atoms with Crippen LogP contribution in [0.15, 0.2) is 0 Å². The smallest absolute Gasteiger partial charge is 0.307 e. The Morgan fingerprint density at radius 3 is 2.72 bits per heavy atom. The van der Waals surface area contributed by atoms with E-state index in [0.717, 1.165) is 25.6 Å². The average Bonchev–Trinajstić information content (AvgIpc) is 3.02. The Balaban J connectivity index is 1.83. The highest BCUT2D eigenvalue weighted by Crippen LogP contribution is 2.30. The van der Waals surface area contributed by atoms with Gasteiger partial charge in [-0.1, -0.05) is 0 Å². The molecule has 0 aromatic rings. The molecule has 0 bridgehead atoms. The topological polar surface area (TPSA) is 41.6 Å². The van der Waals surface area contributed by atoms with Gasteiger partial charge < -0.3 is 10.1 Å². The Hall–Kier alpha value is -0.610. The van der Waals surface area contributed by atoms with Gasteiger partial charge in [-0.2, -0.15) is 0 Å². The van der Waals surface area contributed by atoms with Crippen LogP contribution >= 0.6 is 0 Å². The maximum Gasteiger partial charge on any atom is 0.307 e. The molecule has 2 atom stereocenters. The lowest BCUT2D eigenvalue weighted by atomic mass is 10.1. The Kier molecular flexibility index (Phi) is 5.01. The van der Waals surface area contributed by atoms with Crippen molar-refractivity contribution in [3.05, 3.63) is 0 Å². The van der Waals surface area contributed by atoms with Gasteiger partial charge in [-0.15, -0.1) is 0 Å². The third kappa shape index (κ3) is 4.25. The summed E-state index contributed by atoms with van der Waals surface area (Å²) in [5.74, 6) is 0.772. The fourth-order valence-electron chi connectivity index (χ4n) is 2.72. The molecule has 2 rings (SSSR count). The predicted molar refractivity (Wildman–Crippen MR) is 71.4 cm³/mol. The summed E-state index contributed by atoms with van der Waals surface area (Å²) in [5.41, 5.74) is 0. The molecule has 1 heterocycles. The van der Waals surface area contributed by atoms with E-state index in [1.165, 1.54) is 32.8 Å². The van der Waals surface area contributed by atoms with E-state index >= 15 is 0 Å². The number of esters is 1. The minimum Gasteiger partial charge on any atom is -0.469 e. The normalized spacial score (nSPS) is 25.4. The lowest BCUT2D eigenvalue weighted by Gasteiger charge is -2.31. The van der Waals surface area contributed by atoms with E-state index in [1.807, 2.05) is 0 Å². The van der Waals surface area contributed by atoms with Crippen molar-refractivity contribution >= 4 is 5.97 Å². The molecule has 0 aromatic heterocycles. The van der Waals surface area contributed by atoms with Gasteiger partial charge in [0.1, 0.15) is 0 Å². The number of rotatable bonds is 7. The summed E-state index contributed by atoms with van der Waals surface area (Å²) in [6.45, 7) is 5.52. The lowest BCUT2D eigenvalue weighted by molar-refractivity contribution is -0.142. The molecule has 0 amide bonds. The van der Waals surface area contributed by atoms with Crippen LogP contribution in [0, 0.1) is 5.92 Å². The standard InChI is InChI=1S/C14H26N2O2/c1-11(8-14(17)18-2)16(9-12-5-6-12)10-13-4-3-7-15-13/h11-13,15H,3-10H2,1-2H3. The van der Waals surface area contributed by atoms with Crippen LogP contribution < -0.4 is 5.32 Å². The third-order valence-corrected chi connectivity index (χ3v) is 4.12. The van der Waals surface area contributed by atoms with Crippen LogP contribution in [0.2, 0.25) is 0 Å². The molecule has 2 fully saturated rings. The predicted octanol–water partition coefficient (Wildman–Crippen LogP) is 1.40. The maximum absolute atomic E-state index is 11.4. The van der Waals surface area contributed by atoms with Crippen molar-refractivity contribution in [2.24, 2.45) is 5.92 Å². The van der Waals surface area contributed by atoms with Crippen LogP contribution in [0.4, 0.5) is 0 Å². The van der Waals surface area contributed by atoms with Crippen LogP contribution in [0.3, 0.4) is 0 Å². The monoisotopic (exact) mass is 254 g/mol. The van der Waals surface area contributed by atoms with E-state index < -0.39 is 0 Å². The fraction of sp³-hybridized carbons (Fsp3) is 0.929. The van der Waals surface area contributed by atoms with Crippen molar-refractivity contribution in [3.63, 3.8) is 0 Å². The van der Waals surface area contributed by atoms with Gasteiger partial charge in [0.25, 0.3) is 0 Å². The molecule has 1 aliphatic carbocycles. The quantitative estimate of drug-likeness (QED) is 0.697. The van der Waals surface area contributed by atoms with E-state index in [-0.39, 0.29) is 5.97 Å². The van der Waals surface area contributed by atoms with Crippen molar-refractivity contribution in [1.29, 1.82) is 0 Å². The van der Waals surface area contributed by atoms with E-state index in [4.69, 9.17) is 4.74 Å². The van der Waals surface area contributed by atoms with Gasteiger partial charge in [0.2, 0.25) is 0 Å². The number of carbonyl (C=O) groups is 1. The third-order valence-electron chi connectivity index (χ3n) is 4.12. The summed E-state index contributed by atoms with van der Waals surface area (Å²) in [4.78, 5) is 13.9. The van der Waals surface area contributed by atoms with E-state index in [2.05, 4.69) is 17.1 Å². The van der Waals surface area contributed by atoms with Gasteiger partial charge in [0.15, 0.2) is 0 Å². The van der Waals surface area contributed by atoms with E-state index in [9.17, 15) is 4.79 Å². The van der Waals surface area contributed by atoms with Crippen LogP contribution in [0.5, 0.6) is 0 Å². The Morgan fingerprint density at radius 2 is 2.17 bits per heavy atom. The van der Waals surface area contributed by atoms with E-state index in [1.54, 1.807) is 0 Å². The average molecular weight is 254 g/mol. The molecule has 0 aromatic carbocycles. The lowest BCUT2D eigenvalue weighted by Crippen LogP contribution is -2.44. The fourth-order valence-corrected chi connectivity index (χ4v) is 2.72. The van der Waals surface area contributed by atoms with Crippen molar-refractivity contribution in [3.8, 4) is 0 Å². The van der Waals surface area contributed by atoms with Crippen molar-refractivity contribution in [2.45, 2.75) is 51.1 Å². The molecule has 2 aliphatic rings. The zero-order valence-electron chi connectivity index (χ0n) is 11.7. The second-order valence-electron chi connectivity index (χ2n) is 5.82. The molecular formula is C14H26N2O2. The van der Waals surface area contributed by atoms with Gasteiger partial charge in [-0.05, 0) is 45.1 Å². The summed E-state index contributed by atoms with van der Waals surface area (Å²) in [5, 5.41) is 3.55. The van der Waals surface area contributed by atoms with Gasteiger partial charge in [-0.3, -0.25) is 9.69 Å². The molecule has 1 saturated heterocycles. The molecule has 2 unspecified atom stereocenters. The molecule has 4 nitrogen and oxygen atoms in total. The van der Waals surface area contributed by atoms with Gasteiger partial charge in [0, 0.05) is 25.2 Å².